The molecule has 0 radical (unpaired) electrons. The second-order valence-electron chi connectivity index (χ2n) is 4.20. The van der Waals surface area contributed by atoms with Crippen LogP contribution in [0.25, 0.3) is 0 Å². The molecule has 0 N–H and O–H groups in total. The second kappa shape index (κ2) is 4.42. The third kappa shape index (κ3) is 2.16. The molecule has 0 saturated carbocycles. The maximum absolute atomic E-state index is 13.9. The van der Waals surface area contributed by atoms with Crippen LogP contribution >= 0.6 is 15.9 Å². The zero-order valence-corrected chi connectivity index (χ0v) is 11.8. The quantitative estimate of drug-likeness (QED) is 0.785. The lowest BCUT2D eigenvalue weighted by Crippen LogP contribution is -2.39. The molecule has 0 saturated heterocycles. The number of esters is 1. The highest BCUT2D eigenvalue weighted by Crippen LogP contribution is 2.43. The lowest BCUT2D eigenvalue weighted by atomic mass is 10.1. The molecule has 1 aliphatic heterocycles. The zero-order chi connectivity index (χ0) is 13.5. The zero-order valence-electron chi connectivity index (χ0n) is 10.2. The Morgan fingerprint density at radius 2 is 2.11 bits per heavy atom. The summed E-state index contributed by atoms with van der Waals surface area (Å²) >= 11 is 3.26. The summed E-state index contributed by atoms with van der Waals surface area (Å²) in [5, 5.41) is 0. The SMILES string of the molecule is CCOc1cc(F)c2c(c1Br)OC(C)(C)OC2=O. The molecule has 0 unspecified atom stereocenters. The molecule has 0 atom stereocenters. The van der Waals surface area contributed by atoms with Crippen LogP contribution in [0.2, 0.25) is 0 Å². The van der Waals surface area contributed by atoms with Crippen LogP contribution in [-0.2, 0) is 4.74 Å². The smallest absolute Gasteiger partial charge is 0.348 e. The van der Waals surface area contributed by atoms with Gasteiger partial charge in [0, 0.05) is 19.9 Å². The van der Waals surface area contributed by atoms with E-state index in [4.69, 9.17) is 14.2 Å². The van der Waals surface area contributed by atoms with Gasteiger partial charge in [0.1, 0.15) is 21.6 Å². The Morgan fingerprint density at radius 3 is 2.72 bits per heavy atom. The molecule has 1 aliphatic rings. The Balaban J connectivity index is 2.61. The van der Waals surface area contributed by atoms with Crippen LogP contribution < -0.4 is 9.47 Å². The van der Waals surface area contributed by atoms with Crippen molar-refractivity contribution in [2.75, 3.05) is 6.61 Å². The van der Waals surface area contributed by atoms with Crippen molar-refractivity contribution in [1.82, 2.24) is 0 Å². The van der Waals surface area contributed by atoms with Crippen LogP contribution in [0.15, 0.2) is 10.5 Å². The number of fused-ring (bicyclic) bond motifs is 1. The standard InChI is InChI=1S/C12H12BrFO4/c1-4-16-7-5-6(14)8-10(9(7)13)17-12(2,3)18-11(8)15/h5H,4H2,1-3H3. The van der Waals surface area contributed by atoms with Crippen LogP contribution in [-0.4, -0.2) is 18.4 Å². The highest BCUT2D eigenvalue weighted by Gasteiger charge is 2.38. The van der Waals surface area contributed by atoms with E-state index in [1.807, 2.05) is 0 Å². The van der Waals surface area contributed by atoms with Crippen LogP contribution in [0, 0.1) is 5.82 Å². The average molecular weight is 319 g/mol. The van der Waals surface area contributed by atoms with Gasteiger partial charge in [-0.15, -0.1) is 0 Å². The summed E-state index contributed by atoms with van der Waals surface area (Å²) in [6, 6.07) is 1.13. The van der Waals surface area contributed by atoms with Gasteiger partial charge in [-0.25, -0.2) is 9.18 Å². The molecule has 4 nitrogen and oxygen atoms in total. The van der Waals surface area contributed by atoms with Crippen molar-refractivity contribution in [2.45, 2.75) is 26.6 Å². The van der Waals surface area contributed by atoms with Crippen molar-refractivity contribution in [2.24, 2.45) is 0 Å². The maximum Gasteiger partial charge on any atom is 0.348 e. The van der Waals surface area contributed by atoms with E-state index in [0.717, 1.165) is 6.07 Å². The summed E-state index contributed by atoms with van der Waals surface area (Å²) in [6.07, 6.45) is 0. The third-order valence-corrected chi connectivity index (χ3v) is 3.08. The van der Waals surface area contributed by atoms with E-state index in [9.17, 15) is 9.18 Å². The maximum atomic E-state index is 13.9. The third-order valence-electron chi connectivity index (χ3n) is 2.33. The number of benzene rings is 1. The summed E-state index contributed by atoms with van der Waals surface area (Å²) in [5.41, 5.74) is -0.218. The molecular weight excluding hydrogens is 307 g/mol. The molecule has 0 aromatic heterocycles. The second-order valence-corrected chi connectivity index (χ2v) is 4.99. The number of carbonyl (C=O) groups excluding carboxylic acids is 1. The Labute approximate surface area is 112 Å². The van der Waals surface area contributed by atoms with Gasteiger partial charge in [-0.3, -0.25) is 0 Å². The minimum Gasteiger partial charge on any atom is -0.492 e. The summed E-state index contributed by atoms with van der Waals surface area (Å²) < 4.78 is 30.0. The predicted octanol–water partition coefficient (Wildman–Crippen LogP) is 3.27. The Bertz CT molecular complexity index is 513. The van der Waals surface area contributed by atoms with Gasteiger partial charge in [0.15, 0.2) is 5.75 Å². The van der Waals surface area contributed by atoms with Gasteiger partial charge in [-0.2, -0.15) is 0 Å². The molecule has 98 valence electrons. The first kappa shape index (κ1) is 13.1. The highest BCUT2D eigenvalue weighted by molar-refractivity contribution is 9.10. The van der Waals surface area contributed by atoms with E-state index in [-0.39, 0.29) is 11.3 Å². The normalized spacial score (nSPS) is 16.6. The van der Waals surface area contributed by atoms with Gasteiger partial charge < -0.3 is 14.2 Å². The van der Waals surface area contributed by atoms with Gasteiger partial charge in [-0.1, -0.05) is 0 Å². The van der Waals surface area contributed by atoms with Crippen molar-refractivity contribution in [3.05, 3.63) is 21.9 Å². The summed E-state index contributed by atoms with van der Waals surface area (Å²) in [5.74, 6) is -2.21. The van der Waals surface area contributed by atoms with E-state index in [1.54, 1.807) is 20.8 Å². The highest BCUT2D eigenvalue weighted by atomic mass is 79.9. The van der Waals surface area contributed by atoms with Crippen molar-refractivity contribution < 1.29 is 23.4 Å². The topological polar surface area (TPSA) is 44.8 Å². The van der Waals surface area contributed by atoms with Crippen molar-refractivity contribution in [3.63, 3.8) is 0 Å². The fraction of sp³-hybridized carbons (Fsp3) is 0.417. The molecule has 1 heterocycles. The molecule has 1 aromatic carbocycles. The summed E-state index contributed by atoms with van der Waals surface area (Å²) in [7, 11) is 0. The first-order valence-electron chi connectivity index (χ1n) is 5.43. The van der Waals surface area contributed by atoms with Crippen LogP contribution in [0.5, 0.6) is 11.5 Å². The minimum absolute atomic E-state index is 0.111. The molecule has 18 heavy (non-hydrogen) atoms. The van der Waals surface area contributed by atoms with Crippen molar-refractivity contribution >= 4 is 21.9 Å². The Morgan fingerprint density at radius 1 is 1.44 bits per heavy atom. The molecule has 0 spiro atoms. The number of ether oxygens (including phenoxy) is 3. The average Bonchev–Trinajstić information content (AvgIpc) is 2.23. The van der Waals surface area contributed by atoms with Crippen LogP contribution in [0.1, 0.15) is 31.1 Å². The molecule has 1 aromatic rings. The molecule has 2 rings (SSSR count). The fourth-order valence-corrected chi connectivity index (χ4v) is 2.18. The number of halogens is 2. The van der Waals surface area contributed by atoms with Gasteiger partial charge in [-0.05, 0) is 22.9 Å². The van der Waals surface area contributed by atoms with Crippen molar-refractivity contribution in [3.8, 4) is 11.5 Å². The van der Waals surface area contributed by atoms with Gasteiger partial charge in [0.25, 0.3) is 0 Å². The first-order valence-corrected chi connectivity index (χ1v) is 6.22. The van der Waals surface area contributed by atoms with E-state index < -0.39 is 17.6 Å². The Kier molecular flexibility index (Phi) is 3.23. The first-order chi connectivity index (χ1) is 8.35. The minimum atomic E-state index is -1.14. The molecule has 0 amide bonds. The lowest BCUT2D eigenvalue weighted by Gasteiger charge is -2.32. The predicted molar refractivity (Wildman–Crippen MR) is 65.4 cm³/mol. The summed E-state index contributed by atoms with van der Waals surface area (Å²) in [4.78, 5) is 11.7. The largest absolute Gasteiger partial charge is 0.492 e. The number of cyclic esters (lactones) is 1. The van der Waals surface area contributed by atoms with Gasteiger partial charge in [0.2, 0.25) is 5.79 Å². The fourth-order valence-electron chi connectivity index (χ4n) is 1.67. The monoisotopic (exact) mass is 318 g/mol. The summed E-state index contributed by atoms with van der Waals surface area (Å²) in [6.45, 7) is 5.31. The molecule has 0 aliphatic carbocycles. The van der Waals surface area contributed by atoms with Crippen molar-refractivity contribution in [1.29, 1.82) is 0 Å². The molecule has 6 heteroatoms. The van der Waals surface area contributed by atoms with E-state index >= 15 is 0 Å². The lowest BCUT2D eigenvalue weighted by molar-refractivity contribution is -0.128. The van der Waals surface area contributed by atoms with Crippen LogP contribution in [0.3, 0.4) is 0 Å². The molecular formula is C12H12BrFO4. The van der Waals surface area contributed by atoms with Gasteiger partial charge >= 0.3 is 5.97 Å². The number of carbonyl (C=O) groups is 1. The molecule has 0 bridgehead atoms. The van der Waals surface area contributed by atoms with E-state index in [1.165, 1.54) is 0 Å². The van der Waals surface area contributed by atoms with E-state index in [0.29, 0.717) is 16.8 Å². The Hall–Kier alpha value is -1.30. The van der Waals surface area contributed by atoms with Crippen LogP contribution in [0.4, 0.5) is 4.39 Å². The molecule has 0 fully saturated rings. The number of hydrogen-bond acceptors (Lipinski definition) is 4. The number of hydrogen-bond donors (Lipinski definition) is 0. The van der Waals surface area contributed by atoms with E-state index in [2.05, 4.69) is 15.9 Å². The van der Waals surface area contributed by atoms with Gasteiger partial charge in [0.05, 0.1) is 6.61 Å². The number of rotatable bonds is 2.